The van der Waals surface area contributed by atoms with Crippen molar-refractivity contribution in [3.05, 3.63) is 41.6 Å². The van der Waals surface area contributed by atoms with Gasteiger partial charge in [-0.1, -0.05) is 24.3 Å². The number of aromatic amines is 1. The molecule has 0 aliphatic carbocycles. The third kappa shape index (κ3) is 2.39. The number of carboxylic acids is 1. The number of rotatable bonds is 4. The summed E-state index contributed by atoms with van der Waals surface area (Å²) in [4.78, 5) is 10.7. The zero-order valence-electron chi connectivity index (χ0n) is 9.37. The van der Waals surface area contributed by atoms with Gasteiger partial charge < -0.3 is 15.3 Å². The number of aliphatic hydroxyl groups is 2. The number of nitrogens with one attached hydrogen (secondary N) is 1. The van der Waals surface area contributed by atoms with Crippen molar-refractivity contribution in [3.63, 3.8) is 0 Å². The molecule has 94 valence electrons. The van der Waals surface area contributed by atoms with Crippen molar-refractivity contribution in [3.8, 4) is 11.3 Å². The van der Waals surface area contributed by atoms with Gasteiger partial charge in [-0.2, -0.15) is 5.10 Å². The molecule has 1 heterocycles. The number of hydrogen-bond donors (Lipinski definition) is 4. The number of benzene rings is 1. The summed E-state index contributed by atoms with van der Waals surface area (Å²) in [7, 11) is 0. The molecule has 0 saturated heterocycles. The van der Waals surface area contributed by atoms with Crippen LogP contribution in [0.25, 0.3) is 11.3 Å². The van der Waals surface area contributed by atoms with Crippen LogP contribution in [-0.4, -0.2) is 38.1 Å². The van der Waals surface area contributed by atoms with Crippen LogP contribution in [0.2, 0.25) is 0 Å². The summed E-state index contributed by atoms with van der Waals surface area (Å²) in [5.74, 6) is -1.07. The first-order chi connectivity index (χ1) is 8.61. The van der Waals surface area contributed by atoms with E-state index in [0.29, 0.717) is 11.3 Å². The van der Waals surface area contributed by atoms with E-state index >= 15 is 0 Å². The molecule has 1 atom stereocenters. The van der Waals surface area contributed by atoms with Gasteiger partial charge in [0, 0.05) is 5.56 Å². The number of nitrogens with zero attached hydrogens (tertiary/aromatic N) is 1. The van der Waals surface area contributed by atoms with Gasteiger partial charge in [0.15, 0.2) is 0 Å². The number of aliphatic hydroxyl groups excluding tert-OH is 2. The second-order valence-corrected chi connectivity index (χ2v) is 3.79. The second kappa shape index (κ2) is 4.99. The standard InChI is InChI=1S/C12H12N2O4/c15-6-11(16)8-3-1-7(2-4-8)9-5-10(12(17)18)14-13-9/h1-5,11,15-16H,6H2,(H,13,14)(H,17,18). The Bertz CT molecular complexity index is 547. The van der Waals surface area contributed by atoms with Crippen LogP contribution < -0.4 is 0 Å². The van der Waals surface area contributed by atoms with E-state index in [1.54, 1.807) is 24.3 Å². The molecular weight excluding hydrogens is 236 g/mol. The van der Waals surface area contributed by atoms with Crippen LogP contribution in [0.1, 0.15) is 22.2 Å². The summed E-state index contributed by atoms with van der Waals surface area (Å²) >= 11 is 0. The van der Waals surface area contributed by atoms with E-state index in [-0.39, 0.29) is 12.3 Å². The predicted octanol–water partition coefficient (Wildman–Crippen LogP) is 0.801. The molecule has 1 aromatic carbocycles. The molecule has 0 amide bonds. The smallest absolute Gasteiger partial charge is 0.353 e. The number of aromatic carboxylic acids is 1. The van der Waals surface area contributed by atoms with Gasteiger partial charge in [-0.05, 0) is 11.6 Å². The molecule has 0 aliphatic rings. The molecule has 1 aromatic heterocycles. The lowest BCUT2D eigenvalue weighted by molar-refractivity contribution is 0.0690. The lowest BCUT2D eigenvalue weighted by Crippen LogP contribution is -2.01. The summed E-state index contributed by atoms with van der Waals surface area (Å²) in [6.45, 7) is -0.342. The first-order valence-corrected chi connectivity index (χ1v) is 5.30. The summed E-state index contributed by atoms with van der Waals surface area (Å²) in [6.07, 6.45) is -0.909. The number of carbonyl (C=O) groups is 1. The molecule has 0 spiro atoms. The molecular formula is C12H12N2O4. The number of carboxylic acid groups (broad SMARTS) is 1. The average Bonchev–Trinajstić information content (AvgIpc) is 2.88. The van der Waals surface area contributed by atoms with E-state index in [0.717, 1.165) is 5.56 Å². The Morgan fingerprint density at radius 1 is 1.33 bits per heavy atom. The van der Waals surface area contributed by atoms with Crippen molar-refractivity contribution in [1.29, 1.82) is 0 Å². The van der Waals surface area contributed by atoms with Crippen molar-refractivity contribution >= 4 is 5.97 Å². The number of H-pyrrole nitrogens is 1. The molecule has 6 nitrogen and oxygen atoms in total. The fourth-order valence-electron chi connectivity index (χ4n) is 1.56. The maximum absolute atomic E-state index is 10.7. The second-order valence-electron chi connectivity index (χ2n) is 3.79. The molecule has 0 bridgehead atoms. The van der Waals surface area contributed by atoms with Gasteiger partial charge in [-0.3, -0.25) is 5.10 Å². The van der Waals surface area contributed by atoms with E-state index < -0.39 is 12.1 Å². The maximum atomic E-state index is 10.7. The maximum Gasteiger partial charge on any atom is 0.353 e. The molecule has 1 unspecified atom stereocenters. The van der Waals surface area contributed by atoms with Crippen LogP contribution in [0.5, 0.6) is 0 Å². The van der Waals surface area contributed by atoms with Gasteiger partial charge in [0.1, 0.15) is 11.8 Å². The highest BCUT2D eigenvalue weighted by atomic mass is 16.4. The molecule has 0 radical (unpaired) electrons. The van der Waals surface area contributed by atoms with E-state index in [4.69, 9.17) is 10.2 Å². The quantitative estimate of drug-likeness (QED) is 0.640. The summed E-state index contributed by atoms with van der Waals surface area (Å²) in [5, 5.41) is 33.3. The number of aromatic nitrogens is 2. The minimum atomic E-state index is -1.07. The minimum Gasteiger partial charge on any atom is -0.477 e. The highest BCUT2D eigenvalue weighted by Gasteiger charge is 2.10. The first kappa shape index (κ1) is 12.3. The third-order valence-electron chi connectivity index (χ3n) is 2.57. The van der Waals surface area contributed by atoms with Gasteiger partial charge >= 0.3 is 5.97 Å². The Morgan fingerprint density at radius 2 is 2.00 bits per heavy atom. The SMILES string of the molecule is O=C(O)c1cc(-c2ccc(C(O)CO)cc2)n[nH]1. The van der Waals surface area contributed by atoms with Crippen molar-refractivity contribution in [1.82, 2.24) is 10.2 Å². The van der Waals surface area contributed by atoms with E-state index in [1.807, 2.05) is 0 Å². The van der Waals surface area contributed by atoms with Crippen LogP contribution in [-0.2, 0) is 0 Å². The minimum absolute atomic E-state index is 0.0180. The zero-order chi connectivity index (χ0) is 13.1. The van der Waals surface area contributed by atoms with Crippen LogP contribution in [0, 0.1) is 0 Å². The Morgan fingerprint density at radius 3 is 2.50 bits per heavy atom. The molecule has 0 fully saturated rings. The fraction of sp³-hybridized carbons (Fsp3) is 0.167. The average molecular weight is 248 g/mol. The molecule has 6 heteroatoms. The van der Waals surface area contributed by atoms with Crippen molar-refractivity contribution in [2.24, 2.45) is 0 Å². The monoisotopic (exact) mass is 248 g/mol. The van der Waals surface area contributed by atoms with Gasteiger partial charge in [-0.25, -0.2) is 4.79 Å². The normalized spacial score (nSPS) is 12.3. The van der Waals surface area contributed by atoms with Gasteiger partial charge in [0.2, 0.25) is 0 Å². The van der Waals surface area contributed by atoms with Crippen LogP contribution >= 0.6 is 0 Å². The van der Waals surface area contributed by atoms with E-state index in [1.165, 1.54) is 6.07 Å². The van der Waals surface area contributed by atoms with Crippen LogP contribution in [0.15, 0.2) is 30.3 Å². The lowest BCUT2D eigenvalue weighted by atomic mass is 10.1. The van der Waals surface area contributed by atoms with Gasteiger partial charge in [-0.15, -0.1) is 0 Å². The topological polar surface area (TPSA) is 106 Å². The number of hydrogen-bond acceptors (Lipinski definition) is 4. The van der Waals surface area contributed by atoms with E-state index in [9.17, 15) is 9.90 Å². The lowest BCUT2D eigenvalue weighted by Gasteiger charge is -2.07. The third-order valence-corrected chi connectivity index (χ3v) is 2.57. The molecule has 0 saturated carbocycles. The van der Waals surface area contributed by atoms with Gasteiger partial charge in [0.25, 0.3) is 0 Å². The molecule has 4 N–H and O–H groups in total. The highest BCUT2D eigenvalue weighted by Crippen LogP contribution is 2.20. The van der Waals surface area contributed by atoms with Crippen molar-refractivity contribution < 1.29 is 20.1 Å². The van der Waals surface area contributed by atoms with Crippen molar-refractivity contribution in [2.45, 2.75) is 6.10 Å². The zero-order valence-corrected chi connectivity index (χ0v) is 9.37. The fourth-order valence-corrected chi connectivity index (χ4v) is 1.56. The Kier molecular flexibility index (Phi) is 3.40. The summed E-state index contributed by atoms with van der Waals surface area (Å²) in [5.41, 5.74) is 1.85. The summed E-state index contributed by atoms with van der Waals surface area (Å²) < 4.78 is 0. The van der Waals surface area contributed by atoms with Crippen LogP contribution in [0.3, 0.4) is 0 Å². The molecule has 2 aromatic rings. The highest BCUT2D eigenvalue weighted by molar-refractivity contribution is 5.86. The Labute approximate surface area is 103 Å². The van der Waals surface area contributed by atoms with Crippen molar-refractivity contribution in [2.75, 3.05) is 6.61 Å². The Balaban J connectivity index is 2.25. The molecule has 2 rings (SSSR count). The van der Waals surface area contributed by atoms with Gasteiger partial charge in [0.05, 0.1) is 12.3 Å². The molecule has 0 aliphatic heterocycles. The largest absolute Gasteiger partial charge is 0.477 e. The first-order valence-electron chi connectivity index (χ1n) is 5.30. The van der Waals surface area contributed by atoms with E-state index in [2.05, 4.69) is 10.2 Å². The van der Waals surface area contributed by atoms with Crippen LogP contribution in [0.4, 0.5) is 0 Å². The summed E-state index contributed by atoms with van der Waals surface area (Å²) in [6, 6.07) is 8.16. The molecule has 18 heavy (non-hydrogen) atoms. The predicted molar refractivity (Wildman–Crippen MR) is 63.0 cm³/mol. The Hall–Kier alpha value is -2.18.